The van der Waals surface area contributed by atoms with Crippen molar-refractivity contribution >= 4 is 21.4 Å². The Morgan fingerprint density at radius 2 is 2.10 bits per heavy atom. The van der Waals surface area contributed by atoms with Gasteiger partial charge in [0.25, 0.3) is 10.0 Å². The first-order valence-electron chi connectivity index (χ1n) is 7.25. The second-order valence-electron chi connectivity index (χ2n) is 5.79. The van der Waals surface area contributed by atoms with Crippen LogP contribution in [0.15, 0.2) is 16.3 Å². The van der Waals surface area contributed by atoms with Crippen molar-refractivity contribution < 1.29 is 8.42 Å². The van der Waals surface area contributed by atoms with Gasteiger partial charge in [0.15, 0.2) is 0 Å². The highest BCUT2D eigenvalue weighted by Gasteiger charge is 2.38. The molecule has 114 valence electrons. The summed E-state index contributed by atoms with van der Waals surface area (Å²) in [4.78, 5) is 1.05. The van der Waals surface area contributed by atoms with Crippen molar-refractivity contribution in [3.8, 4) is 0 Å². The van der Waals surface area contributed by atoms with Crippen molar-refractivity contribution in [2.75, 3.05) is 13.1 Å². The summed E-state index contributed by atoms with van der Waals surface area (Å²) in [6.45, 7) is 5.44. The molecule has 0 unspecified atom stereocenters. The van der Waals surface area contributed by atoms with Gasteiger partial charge in [-0.2, -0.15) is 4.31 Å². The predicted molar refractivity (Wildman–Crippen MR) is 83.4 cm³/mol. The summed E-state index contributed by atoms with van der Waals surface area (Å²) in [7, 11) is -3.32. The third-order valence-corrected chi connectivity index (χ3v) is 7.04. The van der Waals surface area contributed by atoms with E-state index in [9.17, 15) is 8.42 Å². The van der Waals surface area contributed by atoms with Crippen LogP contribution in [0.5, 0.6) is 0 Å². The highest BCUT2D eigenvalue weighted by atomic mass is 32.2. The minimum atomic E-state index is -3.32. The van der Waals surface area contributed by atoms with Crippen LogP contribution in [-0.4, -0.2) is 31.9 Å². The standard InChI is InChI=1S/C14H24N2O2S2/c1-11(2)8-10-16(12-3-4-12)20(17,18)14-6-5-13(19-14)7-9-15/h5-6,11-12H,3-4,7-10,15H2,1-2H3. The smallest absolute Gasteiger partial charge is 0.252 e. The van der Waals surface area contributed by atoms with Gasteiger partial charge in [0.05, 0.1) is 0 Å². The summed E-state index contributed by atoms with van der Waals surface area (Å²) in [6.07, 6.45) is 3.66. The molecule has 6 heteroatoms. The average molecular weight is 316 g/mol. The molecule has 0 saturated heterocycles. The fraction of sp³-hybridized carbons (Fsp3) is 0.714. The Bertz CT molecular complexity index is 533. The lowest BCUT2D eigenvalue weighted by atomic mass is 10.1. The minimum absolute atomic E-state index is 0.221. The molecule has 1 fully saturated rings. The monoisotopic (exact) mass is 316 g/mol. The number of nitrogens with zero attached hydrogens (tertiary/aromatic N) is 1. The van der Waals surface area contributed by atoms with Crippen LogP contribution in [0.1, 0.15) is 38.0 Å². The van der Waals surface area contributed by atoms with Gasteiger partial charge < -0.3 is 5.73 Å². The second kappa shape index (κ2) is 6.56. The van der Waals surface area contributed by atoms with Gasteiger partial charge in [-0.05, 0) is 50.3 Å². The number of thiophene rings is 1. The molecule has 0 atom stereocenters. The predicted octanol–water partition coefficient (Wildman–Crippen LogP) is 2.45. The van der Waals surface area contributed by atoms with Crippen molar-refractivity contribution in [1.29, 1.82) is 0 Å². The van der Waals surface area contributed by atoms with Crippen LogP contribution in [0.25, 0.3) is 0 Å². The van der Waals surface area contributed by atoms with E-state index < -0.39 is 10.0 Å². The fourth-order valence-corrected chi connectivity index (χ4v) is 5.34. The summed E-state index contributed by atoms with van der Waals surface area (Å²) >= 11 is 1.36. The Balaban J connectivity index is 2.16. The van der Waals surface area contributed by atoms with E-state index in [0.717, 1.165) is 30.6 Å². The summed E-state index contributed by atoms with van der Waals surface area (Å²) in [6, 6.07) is 3.84. The maximum atomic E-state index is 12.7. The van der Waals surface area contributed by atoms with Crippen molar-refractivity contribution in [2.24, 2.45) is 11.7 Å². The molecule has 1 heterocycles. The number of hydrogen-bond donors (Lipinski definition) is 1. The Labute approximate surface area is 126 Å². The lowest BCUT2D eigenvalue weighted by molar-refractivity contribution is 0.374. The van der Waals surface area contributed by atoms with Crippen LogP contribution in [0.2, 0.25) is 0 Å². The van der Waals surface area contributed by atoms with Gasteiger partial charge in [-0.1, -0.05) is 13.8 Å². The van der Waals surface area contributed by atoms with Gasteiger partial charge in [0, 0.05) is 17.5 Å². The molecular formula is C14H24N2O2S2. The zero-order valence-corrected chi connectivity index (χ0v) is 13.8. The lowest BCUT2D eigenvalue weighted by Gasteiger charge is -2.21. The molecule has 0 spiro atoms. The topological polar surface area (TPSA) is 63.4 Å². The van der Waals surface area contributed by atoms with Gasteiger partial charge in [-0.15, -0.1) is 11.3 Å². The van der Waals surface area contributed by atoms with Gasteiger partial charge in [0.1, 0.15) is 4.21 Å². The van der Waals surface area contributed by atoms with E-state index in [-0.39, 0.29) is 6.04 Å². The van der Waals surface area contributed by atoms with E-state index in [1.165, 1.54) is 11.3 Å². The van der Waals surface area contributed by atoms with Crippen molar-refractivity contribution in [3.05, 3.63) is 17.0 Å². The molecule has 0 radical (unpaired) electrons. The number of hydrogen-bond acceptors (Lipinski definition) is 4. The van der Waals surface area contributed by atoms with Crippen LogP contribution >= 0.6 is 11.3 Å². The number of nitrogens with two attached hydrogens (primary N) is 1. The SMILES string of the molecule is CC(C)CCN(C1CC1)S(=O)(=O)c1ccc(CCN)s1. The molecule has 1 aliphatic carbocycles. The highest BCUT2D eigenvalue weighted by Crippen LogP contribution is 2.34. The number of rotatable bonds is 8. The average Bonchev–Trinajstić information content (AvgIpc) is 3.07. The molecule has 0 amide bonds. The molecule has 2 rings (SSSR count). The van der Waals surface area contributed by atoms with Crippen LogP contribution < -0.4 is 5.73 Å². The normalized spacial score (nSPS) is 16.2. The molecule has 20 heavy (non-hydrogen) atoms. The van der Waals surface area contributed by atoms with Gasteiger partial charge >= 0.3 is 0 Å². The van der Waals surface area contributed by atoms with E-state index in [1.54, 1.807) is 10.4 Å². The maximum Gasteiger partial charge on any atom is 0.252 e. The van der Waals surface area contributed by atoms with E-state index in [2.05, 4.69) is 13.8 Å². The summed E-state index contributed by atoms with van der Waals surface area (Å²) in [5.41, 5.74) is 5.52. The van der Waals surface area contributed by atoms with E-state index in [1.807, 2.05) is 6.07 Å². The molecule has 0 bridgehead atoms. The van der Waals surface area contributed by atoms with Crippen molar-refractivity contribution in [2.45, 2.75) is 49.8 Å². The molecule has 0 aliphatic heterocycles. The molecule has 2 N–H and O–H groups in total. The quantitative estimate of drug-likeness (QED) is 0.801. The molecule has 4 nitrogen and oxygen atoms in total. The molecule has 0 aromatic carbocycles. The molecule has 1 aromatic heterocycles. The van der Waals surface area contributed by atoms with Crippen molar-refractivity contribution in [3.63, 3.8) is 0 Å². The molecular weight excluding hydrogens is 292 g/mol. The Kier molecular flexibility index (Phi) is 5.23. The first kappa shape index (κ1) is 15.9. The van der Waals surface area contributed by atoms with E-state index in [4.69, 9.17) is 5.73 Å². The summed E-state index contributed by atoms with van der Waals surface area (Å²) in [5.74, 6) is 0.516. The zero-order chi connectivity index (χ0) is 14.8. The number of sulfonamides is 1. The summed E-state index contributed by atoms with van der Waals surface area (Å²) < 4.78 is 27.7. The Morgan fingerprint density at radius 3 is 2.65 bits per heavy atom. The van der Waals surface area contributed by atoms with Gasteiger partial charge in [-0.3, -0.25) is 0 Å². The van der Waals surface area contributed by atoms with Crippen LogP contribution in [0, 0.1) is 5.92 Å². The zero-order valence-electron chi connectivity index (χ0n) is 12.2. The van der Waals surface area contributed by atoms with Crippen LogP contribution in [-0.2, 0) is 16.4 Å². The fourth-order valence-electron chi connectivity index (χ4n) is 2.14. The molecule has 1 aromatic rings. The van der Waals surface area contributed by atoms with E-state index in [0.29, 0.717) is 23.2 Å². The van der Waals surface area contributed by atoms with Gasteiger partial charge in [0.2, 0.25) is 0 Å². The Hall–Kier alpha value is -0.430. The second-order valence-corrected chi connectivity index (χ2v) is 9.07. The van der Waals surface area contributed by atoms with Crippen LogP contribution in [0.3, 0.4) is 0 Å². The first-order valence-corrected chi connectivity index (χ1v) is 9.51. The third-order valence-electron chi connectivity index (χ3n) is 3.47. The third kappa shape index (κ3) is 3.81. The van der Waals surface area contributed by atoms with Crippen molar-refractivity contribution in [1.82, 2.24) is 4.31 Å². The lowest BCUT2D eigenvalue weighted by Crippen LogP contribution is -2.34. The first-order chi connectivity index (χ1) is 9.45. The molecule has 1 saturated carbocycles. The maximum absolute atomic E-state index is 12.7. The molecule has 1 aliphatic rings. The van der Waals surface area contributed by atoms with Gasteiger partial charge in [-0.25, -0.2) is 8.42 Å². The van der Waals surface area contributed by atoms with Crippen LogP contribution in [0.4, 0.5) is 0 Å². The van der Waals surface area contributed by atoms with E-state index >= 15 is 0 Å². The largest absolute Gasteiger partial charge is 0.330 e. The minimum Gasteiger partial charge on any atom is -0.330 e. The summed E-state index contributed by atoms with van der Waals surface area (Å²) in [5, 5.41) is 0. The highest BCUT2D eigenvalue weighted by molar-refractivity contribution is 7.91. The Morgan fingerprint density at radius 1 is 1.40 bits per heavy atom.